The van der Waals surface area contributed by atoms with Crippen molar-refractivity contribution in [3.05, 3.63) is 24.4 Å². The van der Waals surface area contributed by atoms with Gasteiger partial charge >= 0.3 is 6.03 Å². The molecule has 2 amide bonds. The van der Waals surface area contributed by atoms with Crippen molar-refractivity contribution in [2.24, 2.45) is 0 Å². The minimum atomic E-state index is -0.425. The molecule has 1 aromatic heterocycles. The van der Waals surface area contributed by atoms with Gasteiger partial charge in [0.2, 0.25) is 5.95 Å². The van der Waals surface area contributed by atoms with Gasteiger partial charge in [0.1, 0.15) is 12.4 Å². The zero-order valence-corrected chi connectivity index (χ0v) is 19.8. The number of carbonyl (C=O) groups is 1. The third-order valence-corrected chi connectivity index (χ3v) is 5.59. The maximum atomic E-state index is 12.5. The molecule has 2 aliphatic heterocycles. The number of methoxy groups -OCH3 is 1. The van der Waals surface area contributed by atoms with Crippen LogP contribution in [-0.4, -0.2) is 93.8 Å². The Morgan fingerprint density at radius 2 is 1.79 bits per heavy atom. The van der Waals surface area contributed by atoms with Crippen LogP contribution in [0.3, 0.4) is 0 Å². The van der Waals surface area contributed by atoms with Crippen LogP contribution in [-0.2, 0) is 9.47 Å². The molecule has 11 nitrogen and oxygen atoms in total. The molecule has 1 aromatic carbocycles. The average molecular weight is 473 g/mol. The summed E-state index contributed by atoms with van der Waals surface area (Å²) in [5.41, 5.74) is 1.16. The number of fused-ring (bicyclic) bond motifs is 1. The minimum Gasteiger partial charge on any atom is -0.493 e. The van der Waals surface area contributed by atoms with Crippen molar-refractivity contribution in [3.8, 4) is 11.5 Å². The van der Waals surface area contributed by atoms with E-state index in [9.17, 15) is 4.79 Å². The zero-order valence-electron chi connectivity index (χ0n) is 19.8. The number of hydrogen-bond acceptors (Lipinski definition) is 9. The third kappa shape index (κ3) is 6.04. The Labute approximate surface area is 199 Å². The van der Waals surface area contributed by atoms with Crippen molar-refractivity contribution < 1.29 is 23.7 Å². The van der Waals surface area contributed by atoms with Crippen LogP contribution in [0.15, 0.2) is 24.4 Å². The molecular formula is C23H32N6O5. The molecule has 184 valence electrons. The van der Waals surface area contributed by atoms with E-state index < -0.39 is 6.03 Å². The SMILES string of the molecule is C=C(C)NC(=O)Nc1nc(N2CCOCC2)nc2cc(OC)c(OCCN3CCOCC3)cc12. The highest BCUT2D eigenvalue weighted by Crippen LogP contribution is 2.35. The molecule has 3 heterocycles. The second-order valence-corrected chi connectivity index (χ2v) is 8.15. The summed E-state index contributed by atoms with van der Waals surface area (Å²) in [5.74, 6) is 2.03. The van der Waals surface area contributed by atoms with E-state index in [2.05, 4.69) is 27.1 Å². The van der Waals surface area contributed by atoms with E-state index in [1.807, 2.05) is 17.0 Å². The standard InChI is InChI=1S/C23H32N6O5/c1-16(2)24-23(30)27-21-17-14-20(34-13-6-28-4-9-32-10-5-28)19(31-3)15-18(17)25-22(26-21)29-7-11-33-12-8-29/h14-15H,1,4-13H2,2-3H3,(H2,24,25,26,27,30). The number of benzene rings is 1. The summed E-state index contributed by atoms with van der Waals surface area (Å²) in [6.07, 6.45) is 0. The number of anilines is 2. The van der Waals surface area contributed by atoms with Crippen LogP contribution in [0.2, 0.25) is 0 Å². The lowest BCUT2D eigenvalue weighted by Crippen LogP contribution is -2.38. The van der Waals surface area contributed by atoms with E-state index in [4.69, 9.17) is 23.9 Å². The smallest absolute Gasteiger partial charge is 0.324 e. The molecule has 0 atom stereocenters. The number of morpholine rings is 2. The summed E-state index contributed by atoms with van der Waals surface area (Å²) in [4.78, 5) is 26.2. The van der Waals surface area contributed by atoms with Crippen molar-refractivity contribution >= 4 is 28.7 Å². The van der Waals surface area contributed by atoms with E-state index in [-0.39, 0.29) is 0 Å². The Balaban J connectivity index is 1.63. The number of urea groups is 1. The van der Waals surface area contributed by atoms with Crippen LogP contribution in [0, 0.1) is 0 Å². The van der Waals surface area contributed by atoms with Gasteiger partial charge in [-0.25, -0.2) is 9.78 Å². The molecule has 2 fully saturated rings. The lowest BCUT2D eigenvalue weighted by atomic mass is 10.2. The summed E-state index contributed by atoms with van der Waals surface area (Å²) in [6, 6.07) is 3.20. The fourth-order valence-electron chi connectivity index (χ4n) is 3.84. The Kier molecular flexibility index (Phi) is 7.99. The molecule has 0 radical (unpaired) electrons. The van der Waals surface area contributed by atoms with Crippen molar-refractivity contribution in [2.75, 3.05) is 83.1 Å². The minimum absolute atomic E-state index is 0.380. The number of rotatable bonds is 8. The third-order valence-electron chi connectivity index (χ3n) is 5.59. The van der Waals surface area contributed by atoms with Crippen LogP contribution in [0.25, 0.3) is 10.9 Å². The Morgan fingerprint density at radius 3 is 2.47 bits per heavy atom. The van der Waals surface area contributed by atoms with Crippen LogP contribution in [0.5, 0.6) is 11.5 Å². The van der Waals surface area contributed by atoms with Gasteiger partial charge in [-0.3, -0.25) is 10.2 Å². The average Bonchev–Trinajstić information content (AvgIpc) is 2.84. The molecule has 2 aromatic rings. The van der Waals surface area contributed by atoms with Crippen molar-refractivity contribution in [2.45, 2.75) is 6.92 Å². The van der Waals surface area contributed by atoms with E-state index in [1.165, 1.54) is 0 Å². The molecule has 34 heavy (non-hydrogen) atoms. The Bertz CT molecular complexity index is 1020. The second kappa shape index (κ2) is 11.3. The number of ether oxygens (including phenoxy) is 4. The van der Waals surface area contributed by atoms with E-state index in [1.54, 1.807) is 14.0 Å². The zero-order chi connectivity index (χ0) is 23.9. The maximum Gasteiger partial charge on any atom is 0.324 e. The van der Waals surface area contributed by atoms with Crippen LogP contribution in [0.1, 0.15) is 6.92 Å². The van der Waals surface area contributed by atoms with Crippen molar-refractivity contribution in [3.63, 3.8) is 0 Å². The maximum absolute atomic E-state index is 12.5. The lowest BCUT2D eigenvalue weighted by Gasteiger charge is -2.27. The van der Waals surface area contributed by atoms with Gasteiger partial charge in [0.05, 0.1) is 39.1 Å². The molecule has 2 aliphatic rings. The van der Waals surface area contributed by atoms with Gasteiger partial charge in [-0.05, 0) is 13.0 Å². The number of nitrogens with one attached hydrogen (secondary N) is 2. The molecule has 11 heteroatoms. The predicted molar refractivity (Wildman–Crippen MR) is 129 cm³/mol. The summed E-state index contributed by atoms with van der Waals surface area (Å²) in [5, 5.41) is 6.13. The molecule has 2 saturated heterocycles. The molecule has 0 bridgehead atoms. The predicted octanol–water partition coefficient (Wildman–Crippen LogP) is 1.84. The van der Waals surface area contributed by atoms with Gasteiger partial charge in [0.15, 0.2) is 11.5 Å². The van der Waals surface area contributed by atoms with Crippen LogP contribution in [0.4, 0.5) is 16.6 Å². The van der Waals surface area contributed by atoms with Gasteiger partial charge in [0.25, 0.3) is 0 Å². The van der Waals surface area contributed by atoms with Gasteiger partial charge in [0, 0.05) is 49.9 Å². The molecule has 0 spiro atoms. The van der Waals surface area contributed by atoms with E-state index in [0.29, 0.717) is 72.8 Å². The van der Waals surface area contributed by atoms with Gasteiger partial charge in [-0.1, -0.05) is 6.58 Å². The first kappa shape index (κ1) is 24.0. The number of hydrogen-bond donors (Lipinski definition) is 2. The first-order valence-corrected chi connectivity index (χ1v) is 11.4. The second-order valence-electron chi connectivity index (χ2n) is 8.15. The number of nitrogens with zero attached hydrogens (tertiary/aromatic N) is 4. The highest BCUT2D eigenvalue weighted by Gasteiger charge is 2.20. The summed E-state index contributed by atoms with van der Waals surface area (Å²) < 4.78 is 22.5. The van der Waals surface area contributed by atoms with E-state index in [0.717, 1.165) is 32.8 Å². The molecule has 4 rings (SSSR count). The Morgan fingerprint density at radius 1 is 1.09 bits per heavy atom. The number of amides is 2. The Hall–Kier alpha value is -3.15. The molecule has 0 unspecified atom stereocenters. The normalized spacial score (nSPS) is 16.8. The van der Waals surface area contributed by atoms with E-state index >= 15 is 0 Å². The largest absolute Gasteiger partial charge is 0.493 e. The summed E-state index contributed by atoms with van der Waals surface area (Å²) in [6.45, 7) is 12.5. The lowest BCUT2D eigenvalue weighted by molar-refractivity contribution is 0.0321. The summed E-state index contributed by atoms with van der Waals surface area (Å²) in [7, 11) is 1.60. The number of allylic oxidation sites excluding steroid dienone is 1. The van der Waals surface area contributed by atoms with Gasteiger partial charge in [-0.15, -0.1) is 0 Å². The molecule has 0 saturated carbocycles. The van der Waals surface area contributed by atoms with Crippen molar-refractivity contribution in [1.82, 2.24) is 20.2 Å². The molecule has 2 N–H and O–H groups in total. The highest BCUT2D eigenvalue weighted by molar-refractivity contribution is 6.00. The van der Waals surface area contributed by atoms with Crippen LogP contribution >= 0.6 is 0 Å². The van der Waals surface area contributed by atoms with Crippen LogP contribution < -0.4 is 25.0 Å². The monoisotopic (exact) mass is 472 g/mol. The van der Waals surface area contributed by atoms with Gasteiger partial charge in [-0.2, -0.15) is 4.98 Å². The first-order chi connectivity index (χ1) is 16.5. The van der Waals surface area contributed by atoms with Gasteiger partial charge < -0.3 is 29.2 Å². The highest BCUT2D eigenvalue weighted by atomic mass is 16.5. The quantitative estimate of drug-likeness (QED) is 0.595. The van der Waals surface area contributed by atoms with Crippen molar-refractivity contribution in [1.29, 1.82) is 0 Å². The fourth-order valence-corrected chi connectivity index (χ4v) is 3.84. The topological polar surface area (TPSA) is 110 Å². The molecule has 0 aliphatic carbocycles. The number of aromatic nitrogens is 2. The summed E-state index contributed by atoms with van der Waals surface area (Å²) >= 11 is 0. The molecular weight excluding hydrogens is 440 g/mol. The number of carbonyl (C=O) groups excluding carboxylic acids is 1. The first-order valence-electron chi connectivity index (χ1n) is 11.4. The fraction of sp³-hybridized carbons (Fsp3) is 0.522.